The summed E-state index contributed by atoms with van der Waals surface area (Å²) in [4.78, 5) is 31.5. The van der Waals surface area contributed by atoms with E-state index in [9.17, 15) is 9.59 Å². The number of likely N-dealkylation sites (tertiary alicyclic amines) is 1. The van der Waals surface area contributed by atoms with Crippen molar-refractivity contribution >= 4 is 23.2 Å². The number of piperidine rings is 1. The first-order chi connectivity index (χ1) is 12.0. The Labute approximate surface area is 151 Å². The highest BCUT2D eigenvalue weighted by atomic mass is 32.1. The number of rotatable bonds is 4. The van der Waals surface area contributed by atoms with E-state index in [0.717, 1.165) is 29.1 Å². The number of thiazole rings is 1. The van der Waals surface area contributed by atoms with Crippen LogP contribution in [-0.4, -0.2) is 51.6 Å². The average Bonchev–Trinajstić information content (AvgIpc) is 3.20. The van der Waals surface area contributed by atoms with Crippen molar-refractivity contribution in [3.63, 3.8) is 0 Å². The summed E-state index contributed by atoms with van der Waals surface area (Å²) in [6.07, 6.45) is 5.94. The topological polar surface area (TPSA) is 80.1 Å². The molecule has 2 amide bonds. The number of nitrogens with zero attached hydrogens (tertiary/aromatic N) is 4. The average molecular weight is 361 g/mol. The minimum Gasteiger partial charge on any atom is -0.359 e. The third-order valence-corrected chi connectivity index (χ3v) is 5.79. The van der Waals surface area contributed by atoms with Gasteiger partial charge in [0.1, 0.15) is 9.88 Å². The number of aromatic nitrogens is 3. The van der Waals surface area contributed by atoms with Crippen molar-refractivity contribution in [1.82, 2.24) is 25.0 Å². The van der Waals surface area contributed by atoms with Crippen LogP contribution in [0.4, 0.5) is 0 Å². The fourth-order valence-corrected chi connectivity index (χ4v) is 4.11. The summed E-state index contributed by atoms with van der Waals surface area (Å²) in [5.41, 5.74) is 1.69. The van der Waals surface area contributed by atoms with Crippen LogP contribution in [0.1, 0.15) is 34.6 Å². The minimum atomic E-state index is 0.0449. The Balaban J connectivity index is 1.66. The van der Waals surface area contributed by atoms with E-state index in [1.54, 1.807) is 17.9 Å². The van der Waals surface area contributed by atoms with Crippen molar-refractivity contribution in [3.8, 4) is 10.6 Å². The molecule has 2 aromatic heterocycles. The molecule has 8 heteroatoms. The molecule has 0 spiro atoms. The van der Waals surface area contributed by atoms with Crippen molar-refractivity contribution in [1.29, 1.82) is 0 Å². The molecule has 1 aliphatic rings. The van der Waals surface area contributed by atoms with Crippen molar-refractivity contribution in [2.24, 2.45) is 13.0 Å². The molecule has 0 aromatic carbocycles. The van der Waals surface area contributed by atoms with E-state index in [0.29, 0.717) is 30.3 Å². The van der Waals surface area contributed by atoms with Gasteiger partial charge in [-0.25, -0.2) is 4.98 Å². The highest BCUT2D eigenvalue weighted by molar-refractivity contribution is 7.17. The number of nitrogens with one attached hydrogen (secondary N) is 1. The molecule has 0 bridgehead atoms. The van der Waals surface area contributed by atoms with Gasteiger partial charge in [0.15, 0.2) is 0 Å². The van der Waals surface area contributed by atoms with Crippen LogP contribution in [-0.2, 0) is 11.8 Å². The molecule has 0 radical (unpaired) electrons. The molecule has 0 saturated carbocycles. The summed E-state index contributed by atoms with van der Waals surface area (Å²) in [6.45, 7) is 3.27. The largest absolute Gasteiger partial charge is 0.359 e. The summed E-state index contributed by atoms with van der Waals surface area (Å²) in [5.74, 6) is 0.477. The van der Waals surface area contributed by atoms with Crippen LogP contribution < -0.4 is 5.32 Å². The molecule has 3 heterocycles. The van der Waals surface area contributed by atoms with E-state index in [1.165, 1.54) is 11.3 Å². The van der Waals surface area contributed by atoms with Crippen molar-refractivity contribution < 1.29 is 9.59 Å². The molecular weight excluding hydrogens is 338 g/mol. The second-order valence-electron chi connectivity index (χ2n) is 6.45. The molecular formula is C17H23N5O2S. The lowest BCUT2D eigenvalue weighted by Gasteiger charge is -2.31. The van der Waals surface area contributed by atoms with Crippen LogP contribution in [0, 0.1) is 12.8 Å². The Hall–Kier alpha value is -2.22. The smallest absolute Gasteiger partial charge is 0.265 e. The summed E-state index contributed by atoms with van der Waals surface area (Å²) < 4.78 is 1.73. The van der Waals surface area contributed by atoms with Gasteiger partial charge in [-0.3, -0.25) is 14.3 Å². The number of hydrogen-bond donors (Lipinski definition) is 1. The van der Waals surface area contributed by atoms with Gasteiger partial charge in [-0.15, -0.1) is 11.3 Å². The molecule has 1 fully saturated rings. The van der Waals surface area contributed by atoms with Crippen LogP contribution in [0.2, 0.25) is 0 Å². The molecule has 1 saturated heterocycles. The third-order valence-electron chi connectivity index (χ3n) is 4.60. The quantitative estimate of drug-likeness (QED) is 0.901. The maximum absolute atomic E-state index is 12.9. The van der Waals surface area contributed by atoms with Gasteiger partial charge in [0.2, 0.25) is 5.91 Å². The van der Waals surface area contributed by atoms with Gasteiger partial charge in [0.25, 0.3) is 5.91 Å². The monoisotopic (exact) mass is 361 g/mol. The van der Waals surface area contributed by atoms with E-state index in [2.05, 4.69) is 15.4 Å². The van der Waals surface area contributed by atoms with E-state index in [-0.39, 0.29) is 11.8 Å². The summed E-state index contributed by atoms with van der Waals surface area (Å²) in [5, 5.41) is 7.65. The lowest BCUT2D eigenvalue weighted by molar-refractivity contribution is -0.121. The van der Waals surface area contributed by atoms with E-state index in [4.69, 9.17) is 0 Å². The molecule has 2 aromatic rings. The lowest BCUT2D eigenvalue weighted by atomic mass is 9.93. The maximum Gasteiger partial charge on any atom is 0.265 e. The molecule has 0 aliphatic carbocycles. The highest BCUT2D eigenvalue weighted by Gasteiger charge is 2.27. The summed E-state index contributed by atoms with van der Waals surface area (Å²) in [6, 6.07) is 0. The van der Waals surface area contributed by atoms with Gasteiger partial charge in [0, 0.05) is 45.4 Å². The SMILES string of the molecule is CNC(=O)CC1CCN(C(=O)c2sc(-c3cnn(C)c3)nc2C)CC1. The van der Waals surface area contributed by atoms with Crippen LogP contribution in [0.5, 0.6) is 0 Å². The first-order valence-electron chi connectivity index (χ1n) is 8.44. The zero-order valence-electron chi connectivity index (χ0n) is 14.8. The Morgan fingerprint density at radius 3 is 2.68 bits per heavy atom. The minimum absolute atomic E-state index is 0.0449. The molecule has 0 atom stereocenters. The van der Waals surface area contributed by atoms with Gasteiger partial charge in [-0.2, -0.15) is 5.10 Å². The normalized spacial score (nSPS) is 15.4. The number of carbonyl (C=O) groups excluding carboxylic acids is 2. The number of carbonyl (C=O) groups is 2. The van der Waals surface area contributed by atoms with Crippen LogP contribution in [0.15, 0.2) is 12.4 Å². The number of amides is 2. The third kappa shape index (κ3) is 3.89. The second kappa shape index (κ2) is 7.35. The molecule has 3 rings (SSSR count). The molecule has 0 unspecified atom stereocenters. The molecule has 1 N–H and O–H groups in total. The van der Waals surface area contributed by atoms with E-state index in [1.807, 2.05) is 25.1 Å². The van der Waals surface area contributed by atoms with Crippen LogP contribution in [0.25, 0.3) is 10.6 Å². The first-order valence-corrected chi connectivity index (χ1v) is 9.26. The van der Waals surface area contributed by atoms with E-state index >= 15 is 0 Å². The Kier molecular flexibility index (Phi) is 5.17. The molecule has 25 heavy (non-hydrogen) atoms. The van der Waals surface area contributed by atoms with Crippen molar-refractivity contribution in [2.75, 3.05) is 20.1 Å². The summed E-state index contributed by atoms with van der Waals surface area (Å²) in [7, 11) is 3.52. The number of hydrogen-bond acceptors (Lipinski definition) is 5. The molecule has 1 aliphatic heterocycles. The first kappa shape index (κ1) is 17.6. The molecule has 134 valence electrons. The second-order valence-corrected chi connectivity index (χ2v) is 7.45. The van der Waals surface area contributed by atoms with Crippen molar-refractivity contribution in [2.45, 2.75) is 26.2 Å². The highest BCUT2D eigenvalue weighted by Crippen LogP contribution is 2.30. The fourth-order valence-electron chi connectivity index (χ4n) is 3.10. The standard InChI is InChI=1S/C17H23N5O2S/c1-11-15(25-16(20-11)13-9-19-21(3)10-13)17(24)22-6-4-12(5-7-22)8-14(23)18-2/h9-10,12H,4-8H2,1-3H3,(H,18,23). The fraction of sp³-hybridized carbons (Fsp3) is 0.529. The maximum atomic E-state index is 12.9. The van der Waals surface area contributed by atoms with Gasteiger partial charge in [-0.05, 0) is 25.7 Å². The van der Waals surface area contributed by atoms with Crippen molar-refractivity contribution in [3.05, 3.63) is 23.0 Å². The van der Waals surface area contributed by atoms with Gasteiger partial charge < -0.3 is 10.2 Å². The predicted molar refractivity (Wildman–Crippen MR) is 96.4 cm³/mol. The lowest BCUT2D eigenvalue weighted by Crippen LogP contribution is -2.39. The predicted octanol–water partition coefficient (Wildman–Crippen LogP) is 1.84. The Morgan fingerprint density at radius 2 is 2.08 bits per heavy atom. The summed E-state index contributed by atoms with van der Waals surface area (Å²) >= 11 is 1.42. The van der Waals surface area contributed by atoms with Crippen LogP contribution in [0.3, 0.4) is 0 Å². The van der Waals surface area contributed by atoms with Gasteiger partial charge >= 0.3 is 0 Å². The zero-order valence-corrected chi connectivity index (χ0v) is 15.6. The van der Waals surface area contributed by atoms with E-state index < -0.39 is 0 Å². The van der Waals surface area contributed by atoms with Crippen LogP contribution >= 0.6 is 11.3 Å². The zero-order chi connectivity index (χ0) is 18.0. The van der Waals surface area contributed by atoms with Gasteiger partial charge in [-0.1, -0.05) is 0 Å². The Morgan fingerprint density at radius 1 is 1.36 bits per heavy atom. The Bertz CT molecular complexity index is 774. The molecule has 7 nitrogen and oxygen atoms in total. The number of aryl methyl sites for hydroxylation is 2. The van der Waals surface area contributed by atoms with Gasteiger partial charge in [0.05, 0.1) is 11.9 Å².